The molecule has 1 heterocycles. The smallest absolute Gasteiger partial charge is 0.329 e. The second-order valence-electron chi connectivity index (χ2n) is 6.93. The number of piperazine rings is 1. The molecule has 9 nitrogen and oxygen atoms in total. The van der Waals surface area contributed by atoms with Crippen molar-refractivity contribution < 1.29 is 29.0 Å². The van der Waals surface area contributed by atoms with E-state index < -0.39 is 25.1 Å². The van der Waals surface area contributed by atoms with Gasteiger partial charge >= 0.3 is 5.97 Å². The number of nitrogens with one attached hydrogen (secondary N) is 1. The van der Waals surface area contributed by atoms with Crippen LogP contribution in [0.2, 0.25) is 0 Å². The number of hydrogen-bond donors (Lipinski definition) is 2. The van der Waals surface area contributed by atoms with Gasteiger partial charge in [0.1, 0.15) is 13.2 Å². The van der Waals surface area contributed by atoms with Gasteiger partial charge in [-0.25, -0.2) is 4.79 Å². The molecule has 0 spiro atoms. The van der Waals surface area contributed by atoms with E-state index in [9.17, 15) is 19.2 Å². The molecule has 9 heteroatoms. The topological polar surface area (TPSA) is 116 Å². The molecular weight excluding hydrogens is 402 g/mol. The molecule has 1 saturated heterocycles. The zero-order chi connectivity index (χ0) is 22.2. The van der Waals surface area contributed by atoms with Crippen LogP contribution in [0.1, 0.15) is 20.7 Å². The van der Waals surface area contributed by atoms with Crippen LogP contribution in [0.3, 0.4) is 0 Å². The fourth-order valence-electron chi connectivity index (χ4n) is 3.24. The Hall–Kier alpha value is -3.72. The van der Waals surface area contributed by atoms with Crippen LogP contribution < -0.4 is 5.32 Å². The highest BCUT2D eigenvalue weighted by Gasteiger charge is 2.26. The summed E-state index contributed by atoms with van der Waals surface area (Å²) in [5.74, 6) is -2.05. The number of amides is 3. The van der Waals surface area contributed by atoms with Gasteiger partial charge in [0.2, 0.25) is 5.91 Å². The molecule has 0 saturated carbocycles. The molecule has 2 N–H and O–H groups in total. The van der Waals surface area contributed by atoms with E-state index in [0.717, 1.165) is 0 Å². The Morgan fingerprint density at radius 2 is 1.39 bits per heavy atom. The molecule has 0 aromatic heterocycles. The predicted octanol–water partition coefficient (Wildman–Crippen LogP) is 1.32. The number of benzene rings is 2. The van der Waals surface area contributed by atoms with Crippen molar-refractivity contribution >= 4 is 29.4 Å². The van der Waals surface area contributed by atoms with Crippen LogP contribution in [-0.4, -0.2) is 78.0 Å². The number of carbonyl (C=O) groups is 4. The van der Waals surface area contributed by atoms with Crippen molar-refractivity contribution in [2.45, 2.75) is 0 Å². The summed E-state index contributed by atoms with van der Waals surface area (Å²) in [6.07, 6.45) is 0. The van der Waals surface area contributed by atoms with Gasteiger partial charge in [0.15, 0.2) is 0 Å². The van der Waals surface area contributed by atoms with Crippen LogP contribution in [0, 0.1) is 0 Å². The Balaban J connectivity index is 1.59. The summed E-state index contributed by atoms with van der Waals surface area (Å²) in [6, 6.07) is 15.6. The van der Waals surface area contributed by atoms with E-state index in [4.69, 9.17) is 9.84 Å². The molecule has 0 aliphatic carbocycles. The Morgan fingerprint density at radius 1 is 0.806 bits per heavy atom. The first-order chi connectivity index (χ1) is 15.0. The average Bonchev–Trinajstić information content (AvgIpc) is 2.79. The van der Waals surface area contributed by atoms with Gasteiger partial charge in [-0.15, -0.1) is 0 Å². The minimum absolute atomic E-state index is 0.0678. The minimum atomic E-state index is -1.17. The van der Waals surface area contributed by atoms with Crippen LogP contribution in [0.25, 0.3) is 0 Å². The largest absolute Gasteiger partial charge is 0.480 e. The fraction of sp³-hybridized carbons (Fsp3) is 0.273. The number of ether oxygens (including phenoxy) is 1. The first kappa shape index (κ1) is 22.0. The number of carboxylic acids is 1. The lowest BCUT2D eigenvalue weighted by Crippen LogP contribution is -2.50. The summed E-state index contributed by atoms with van der Waals surface area (Å²) >= 11 is 0. The lowest BCUT2D eigenvalue weighted by Gasteiger charge is -2.35. The van der Waals surface area contributed by atoms with Crippen LogP contribution in [0.15, 0.2) is 54.6 Å². The number of carboxylic acid groups (broad SMARTS) is 1. The summed E-state index contributed by atoms with van der Waals surface area (Å²) in [5, 5.41) is 11.1. The number of para-hydroxylation sites is 1. The number of aliphatic carboxylic acids is 1. The van der Waals surface area contributed by atoms with Crippen molar-refractivity contribution in [2.75, 3.05) is 44.7 Å². The first-order valence-electron chi connectivity index (χ1n) is 9.77. The van der Waals surface area contributed by atoms with E-state index in [1.807, 2.05) is 18.2 Å². The maximum Gasteiger partial charge on any atom is 0.329 e. The molecule has 162 valence electrons. The van der Waals surface area contributed by atoms with E-state index >= 15 is 0 Å². The van der Waals surface area contributed by atoms with Gasteiger partial charge in [0.25, 0.3) is 11.8 Å². The van der Waals surface area contributed by atoms with Gasteiger partial charge in [-0.2, -0.15) is 0 Å². The average molecular weight is 425 g/mol. The van der Waals surface area contributed by atoms with Crippen LogP contribution in [-0.2, 0) is 14.3 Å². The van der Waals surface area contributed by atoms with Gasteiger partial charge in [0, 0.05) is 31.7 Å². The Kier molecular flexibility index (Phi) is 7.34. The second-order valence-corrected chi connectivity index (χ2v) is 6.93. The third-order valence-electron chi connectivity index (χ3n) is 4.77. The molecule has 0 radical (unpaired) electrons. The van der Waals surface area contributed by atoms with Crippen molar-refractivity contribution in [2.24, 2.45) is 0 Å². The fourth-order valence-corrected chi connectivity index (χ4v) is 3.24. The SMILES string of the molecule is O=C(O)COCC(=O)Nc1ccccc1C(=O)N1CCN(C(=O)c2ccccc2)CC1. The summed E-state index contributed by atoms with van der Waals surface area (Å²) in [4.78, 5) is 51.4. The number of hydrogen-bond acceptors (Lipinski definition) is 5. The molecule has 3 rings (SSSR count). The van der Waals surface area contributed by atoms with Gasteiger partial charge in [-0.1, -0.05) is 30.3 Å². The molecule has 0 bridgehead atoms. The lowest BCUT2D eigenvalue weighted by molar-refractivity contribution is -0.143. The molecule has 1 aliphatic heterocycles. The standard InChI is InChI=1S/C22H23N3O6/c26-19(14-31-15-20(27)28)23-18-9-5-4-8-17(18)22(30)25-12-10-24(11-13-25)21(29)16-6-2-1-3-7-16/h1-9H,10-15H2,(H,23,26)(H,27,28). The molecule has 1 aliphatic rings. The van der Waals surface area contributed by atoms with Crippen molar-refractivity contribution in [1.82, 2.24) is 9.80 Å². The number of nitrogens with zero attached hydrogens (tertiary/aromatic N) is 2. The van der Waals surface area contributed by atoms with Crippen molar-refractivity contribution in [1.29, 1.82) is 0 Å². The molecule has 3 amide bonds. The Bertz CT molecular complexity index is 955. The quantitative estimate of drug-likeness (QED) is 0.691. The highest BCUT2D eigenvalue weighted by atomic mass is 16.5. The normalized spacial score (nSPS) is 13.5. The minimum Gasteiger partial charge on any atom is -0.480 e. The van der Waals surface area contributed by atoms with Gasteiger partial charge < -0.3 is 25.0 Å². The number of anilines is 1. The zero-order valence-corrected chi connectivity index (χ0v) is 16.8. The molecular formula is C22H23N3O6. The third-order valence-corrected chi connectivity index (χ3v) is 4.77. The molecule has 0 unspecified atom stereocenters. The summed E-state index contributed by atoms with van der Waals surface area (Å²) < 4.78 is 4.77. The summed E-state index contributed by atoms with van der Waals surface area (Å²) in [5.41, 5.74) is 1.25. The maximum absolute atomic E-state index is 13.0. The molecule has 0 atom stereocenters. The molecule has 2 aromatic rings. The van der Waals surface area contributed by atoms with E-state index in [1.165, 1.54) is 0 Å². The van der Waals surface area contributed by atoms with Gasteiger partial charge in [-0.05, 0) is 24.3 Å². The zero-order valence-electron chi connectivity index (χ0n) is 16.8. The third kappa shape index (κ3) is 5.89. The summed E-state index contributed by atoms with van der Waals surface area (Å²) in [6.45, 7) is 0.561. The first-order valence-corrected chi connectivity index (χ1v) is 9.77. The lowest BCUT2D eigenvalue weighted by atomic mass is 10.1. The monoisotopic (exact) mass is 425 g/mol. The number of carbonyl (C=O) groups excluding carboxylic acids is 3. The molecule has 2 aromatic carbocycles. The summed E-state index contributed by atoms with van der Waals surface area (Å²) in [7, 11) is 0. The van der Waals surface area contributed by atoms with Crippen molar-refractivity contribution in [3.8, 4) is 0 Å². The van der Waals surface area contributed by atoms with Crippen molar-refractivity contribution in [3.05, 3.63) is 65.7 Å². The Morgan fingerprint density at radius 3 is 2.03 bits per heavy atom. The Labute approximate surface area is 179 Å². The predicted molar refractivity (Wildman–Crippen MR) is 112 cm³/mol. The highest BCUT2D eigenvalue weighted by Crippen LogP contribution is 2.19. The highest BCUT2D eigenvalue weighted by molar-refractivity contribution is 6.04. The van der Waals surface area contributed by atoms with E-state index in [0.29, 0.717) is 43.0 Å². The van der Waals surface area contributed by atoms with Gasteiger partial charge in [-0.3, -0.25) is 14.4 Å². The second kappa shape index (κ2) is 10.4. The van der Waals surface area contributed by atoms with E-state index in [-0.39, 0.29) is 11.8 Å². The molecule has 31 heavy (non-hydrogen) atoms. The van der Waals surface area contributed by atoms with Crippen LogP contribution in [0.5, 0.6) is 0 Å². The number of rotatable bonds is 7. The van der Waals surface area contributed by atoms with Crippen LogP contribution in [0.4, 0.5) is 5.69 Å². The maximum atomic E-state index is 13.0. The molecule has 1 fully saturated rings. The van der Waals surface area contributed by atoms with Gasteiger partial charge in [0.05, 0.1) is 11.3 Å². The van der Waals surface area contributed by atoms with Crippen molar-refractivity contribution in [3.63, 3.8) is 0 Å². The van der Waals surface area contributed by atoms with E-state index in [2.05, 4.69) is 5.32 Å². The van der Waals surface area contributed by atoms with Crippen LogP contribution >= 0.6 is 0 Å². The van der Waals surface area contributed by atoms with E-state index in [1.54, 1.807) is 46.2 Å².